The van der Waals surface area contributed by atoms with Crippen molar-refractivity contribution in [3.63, 3.8) is 0 Å². The Bertz CT molecular complexity index is 226. The standard InChI is InChI=1S/C11H16.C2H6.C2H4.CH4/c1-4-10-7-6-8-11(5-2)9(10)3;2*1-2;/h6-8H,4-5H2,1-3H3;1-2H3;1-2H2;1H4. The van der Waals surface area contributed by atoms with Gasteiger partial charge in [-0.2, -0.15) is 0 Å². The van der Waals surface area contributed by atoms with Gasteiger partial charge in [-0.05, 0) is 36.5 Å². The van der Waals surface area contributed by atoms with Gasteiger partial charge >= 0.3 is 0 Å². The lowest BCUT2D eigenvalue weighted by Crippen LogP contribution is -1.91. The third kappa shape index (κ3) is 6.44. The Hall–Kier alpha value is -1.04. The van der Waals surface area contributed by atoms with Gasteiger partial charge in [0, 0.05) is 0 Å². The summed E-state index contributed by atoms with van der Waals surface area (Å²) in [6.07, 6.45) is 2.30. The number of rotatable bonds is 2. The summed E-state index contributed by atoms with van der Waals surface area (Å²) < 4.78 is 0. The van der Waals surface area contributed by atoms with Gasteiger partial charge in [0.1, 0.15) is 0 Å². The van der Waals surface area contributed by atoms with Crippen LogP contribution in [0.25, 0.3) is 0 Å². The van der Waals surface area contributed by atoms with E-state index in [4.69, 9.17) is 0 Å². The first kappa shape index (κ1) is 20.4. The molecule has 0 N–H and O–H groups in total. The highest BCUT2D eigenvalue weighted by molar-refractivity contribution is 5.33. The zero-order valence-electron chi connectivity index (χ0n) is 11.1. The van der Waals surface area contributed by atoms with Crippen LogP contribution in [-0.4, -0.2) is 0 Å². The Labute approximate surface area is 103 Å². The SMILES string of the molecule is C.C=C.CC.CCc1cccc(CC)c1C. The van der Waals surface area contributed by atoms with Crippen LogP contribution in [0.5, 0.6) is 0 Å². The van der Waals surface area contributed by atoms with Crippen LogP contribution in [0.3, 0.4) is 0 Å². The zero-order valence-corrected chi connectivity index (χ0v) is 11.1. The molecule has 1 aromatic carbocycles. The summed E-state index contributed by atoms with van der Waals surface area (Å²) in [6.45, 7) is 16.6. The lowest BCUT2D eigenvalue weighted by molar-refractivity contribution is 1.05. The first-order chi connectivity index (χ1) is 7.29. The smallest absolute Gasteiger partial charge is 0.0305 e. The van der Waals surface area contributed by atoms with E-state index in [1.54, 1.807) is 0 Å². The van der Waals surface area contributed by atoms with E-state index in [1.165, 1.54) is 16.7 Å². The van der Waals surface area contributed by atoms with Gasteiger partial charge in [-0.3, -0.25) is 0 Å². The van der Waals surface area contributed by atoms with E-state index >= 15 is 0 Å². The molecule has 94 valence electrons. The molecule has 16 heavy (non-hydrogen) atoms. The van der Waals surface area contributed by atoms with Crippen molar-refractivity contribution in [3.8, 4) is 0 Å². The molecule has 0 unspecified atom stereocenters. The van der Waals surface area contributed by atoms with Crippen molar-refractivity contribution < 1.29 is 0 Å². The highest BCUT2D eigenvalue weighted by Crippen LogP contribution is 2.14. The van der Waals surface area contributed by atoms with Crippen LogP contribution >= 0.6 is 0 Å². The quantitative estimate of drug-likeness (QED) is 0.573. The first-order valence-electron chi connectivity index (χ1n) is 5.87. The number of hydrogen-bond donors (Lipinski definition) is 0. The molecule has 1 aromatic rings. The third-order valence-electron chi connectivity index (χ3n) is 2.32. The Morgan fingerprint density at radius 1 is 0.938 bits per heavy atom. The largest absolute Gasteiger partial charge is 0.106 e. The maximum Gasteiger partial charge on any atom is -0.0305 e. The van der Waals surface area contributed by atoms with Crippen LogP contribution in [0.2, 0.25) is 0 Å². The number of benzene rings is 1. The summed E-state index contributed by atoms with van der Waals surface area (Å²) >= 11 is 0. The molecule has 0 aliphatic heterocycles. The summed E-state index contributed by atoms with van der Waals surface area (Å²) in [7, 11) is 0. The van der Waals surface area contributed by atoms with Gasteiger partial charge < -0.3 is 0 Å². The average molecular weight is 222 g/mol. The fourth-order valence-corrected chi connectivity index (χ4v) is 1.50. The molecule has 0 spiro atoms. The van der Waals surface area contributed by atoms with Crippen molar-refractivity contribution in [1.29, 1.82) is 0 Å². The van der Waals surface area contributed by atoms with Crippen LogP contribution in [-0.2, 0) is 12.8 Å². The van der Waals surface area contributed by atoms with E-state index in [0.717, 1.165) is 12.8 Å². The summed E-state index contributed by atoms with van der Waals surface area (Å²) in [5.74, 6) is 0. The summed E-state index contributed by atoms with van der Waals surface area (Å²) in [4.78, 5) is 0. The molecular formula is C16H30. The van der Waals surface area contributed by atoms with Crippen LogP contribution in [0.15, 0.2) is 31.4 Å². The molecule has 0 heteroatoms. The van der Waals surface area contributed by atoms with Gasteiger partial charge in [-0.25, -0.2) is 0 Å². The molecule has 0 atom stereocenters. The van der Waals surface area contributed by atoms with Crippen molar-refractivity contribution in [3.05, 3.63) is 48.0 Å². The van der Waals surface area contributed by atoms with Crippen molar-refractivity contribution >= 4 is 0 Å². The molecule has 0 amide bonds. The maximum atomic E-state index is 3.00. The Kier molecular flexibility index (Phi) is 17.8. The minimum atomic E-state index is 0. The minimum Gasteiger partial charge on any atom is -0.106 e. The van der Waals surface area contributed by atoms with Gasteiger partial charge in [0.25, 0.3) is 0 Å². The van der Waals surface area contributed by atoms with Crippen LogP contribution < -0.4 is 0 Å². The molecule has 0 aliphatic rings. The molecule has 0 radical (unpaired) electrons. The van der Waals surface area contributed by atoms with E-state index in [-0.39, 0.29) is 7.43 Å². The topological polar surface area (TPSA) is 0 Å². The number of hydrogen-bond acceptors (Lipinski definition) is 0. The van der Waals surface area contributed by atoms with Crippen LogP contribution in [0.4, 0.5) is 0 Å². The minimum absolute atomic E-state index is 0. The Balaban J connectivity index is -0.000000305. The van der Waals surface area contributed by atoms with Crippen LogP contribution in [0, 0.1) is 6.92 Å². The van der Waals surface area contributed by atoms with E-state index in [2.05, 4.69) is 52.1 Å². The molecule has 0 aliphatic carbocycles. The van der Waals surface area contributed by atoms with Crippen LogP contribution in [0.1, 0.15) is 51.8 Å². The molecule has 0 bridgehead atoms. The van der Waals surface area contributed by atoms with Gasteiger partial charge in [-0.1, -0.05) is 53.3 Å². The highest BCUT2D eigenvalue weighted by atomic mass is 14.0. The van der Waals surface area contributed by atoms with E-state index in [0.29, 0.717) is 0 Å². The maximum absolute atomic E-state index is 3.00. The summed E-state index contributed by atoms with van der Waals surface area (Å²) in [5, 5.41) is 0. The zero-order chi connectivity index (χ0) is 12.3. The van der Waals surface area contributed by atoms with E-state index < -0.39 is 0 Å². The molecule has 0 saturated carbocycles. The van der Waals surface area contributed by atoms with Gasteiger partial charge in [0.05, 0.1) is 0 Å². The lowest BCUT2D eigenvalue weighted by atomic mass is 9.99. The normalized spacial score (nSPS) is 7.56. The fourth-order valence-electron chi connectivity index (χ4n) is 1.50. The molecule has 0 heterocycles. The first-order valence-corrected chi connectivity index (χ1v) is 5.87. The molecule has 0 nitrogen and oxygen atoms in total. The second kappa shape index (κ2) is 14.0. The second-order valence-corrected chi connectivity index (χ2v) is 2.91. The number of aryl methyl sites for hydroxylation is 2. The van der Waals surface area contributed by atoms with Crippen molar-refractivity contribution in [2.75, 3.05) is 0 Å². The van der Waals surface area contributed by atoms with Gasteiger partial charge in [0.15, 0.2) is 0 Å². The average Bonchev–Trinajstić information content (AvgIpc) is 2.34. The van der Waals surface area contributed by atoms with Gasteiger partial charge in [-0.15, -0.1) is 13.2 Å². The highest BCUT2D eigenvalue weighted by Gasteiger charge is 1.98. The van der Waals surface area contributed by atoms with Crippen molar-refractivity contribution in [2.45, 2.75) is 54.9 Å². The predicted octanol–water partition coefficient (Wildman–Crippen LogP) is 5.58. The predicted molar refractivity (Wildman–Crippen MR) is 79.3 cm³/mol. The van der Waals surface area contributed by atoms with E-state index in [1.807, 2.05) is 13.8 Å². The fraction of sp³-hybridized carbons (Fsp3) is 0.500. The lowest BCUT2D eigenvalue weighted by Gasteiger charge is -2.06. The van der Waals surface area contributed by atoms with Crippen molar-refractivity contribution in [2.24, 2.45) is 0 Å². The van der Waals surface area contributed by atoms with Crippen molar-refractivity contribution in [1.82, 2.24) is 0 Å². The molecule has 0 fully saturated rings. The Morgan fingerprint density at radius 2 is 1.25 bits per heavy atom. The molecular weight excluding hydrogens is 192 g/mol. The summed E-state index contributed by atoms with van der Waals surface area (Å²) in [5.41, 5.74) is 4.46. The third-order valence-corrected chi connectivity index (χ3v) is 2.32. The van der Waals surface area contributed by atoms with Gasteiger partial charge in [0.2, 0.25) is 0 Å². The Morgan fingerprint density at radius 3 is 1.50 bits per heavy atom. The molecule has 0 aromatic heterocycles. The van der Waals surface area contributed by atoms with E-state index in [9.17, 15) is 0 Å². The summed E-state index contributed by atoms with van der Waals surface area (Å²) in [6, 6.07) is 6.59. The molecule has 0 saturated heterocycles. The monoisotopic (exact) mass is 222 g/mol. The second-order valence-electron chi connectivity index (χ2n) is 2.91. The molecule has 1 rings (SSSR count).